The van der Waals surface area contributed by atoms with Crippen molar-refractivity contribution in [3.63, 3.8) is 0 Å². The number of rotatable bonds is 8. The lowest BCUT2D eigenvalue weighted by Gasteiger charge is -2.41. The lowest BCUT2D eigenvalue weighted by atomic mass is 9.73. The van der Waals surface area contributed by atoms with Crippen molar-refractivity contribution in [2.24, 2.45) is 5.92 Å². The van der Waals surface area contributed by atoms with Crippen LogP contribution < -0.4 is 28.4 Å². The Morgan fingerprint density at radius 1 is 0.775 bits per heavy atom. The number of hydrogen-bond acceptors (Lipinski definition) is 9. The normalized spacial score (nSPS) is 19.7. The van der Waals surface area contributed by atoms with Crippen LogP contribution >= 0.6 is 0 Å². The molecule has 1 N–H and O–H groups in total. The van der Waals surface area contributed by atoms with Gasteiger partial charge in [-0.25, -0.2) is 4.79 Å². The van der Waals surface area contributed by atoms with Crippen molar-refractivity contribution >= 4 is 5.97 Å². The molecule has 3 unspecified atom stereocenters. The van der Waals surface area contributed by atoms with Crippen LogP contribution in [0.4, 0.5) is 0 Å². The zero-order valence-electron chi connectivity index (χ0n) is 24.1. The van der Waals surface area contributed by atoms with Crippen LogP contribution in [0.15, 0.2) is 42.5 Å². The van der Waals surface area contributed by atoms with Crippen molar-refractivity contribution in [3.05, 3.63) is 59.2 Å². The molecule has 1 aliphatic rings. The summed E-state index contributed by atoms with van der Waals surface area (Å²) in [6.07, 6.45) is -0.750. The summed E-state index contributed by atoms with van der Waals surface area (Å²) in [6, 6.07) is 12.2. The van der Waals surface area contributed by atoms with Gasteiger partial charge in [0.2, 0.25) is 11.5 Å². The molecule has 1 aliphatic carbocycles. The Labute approximate surface area is 234 Å². The molecule has 0 saturated heterocycles. The van der Waals surface area contributed by atoms with E-state index in [0.717, 1.165) is 5.56 Å². The van der Waals surface area contributed by atoms with E-state index in [1.807, 2.05) is 19.1 Å². The largest absolute Gasteiger partial charge is 0.493 e. The Hall–Kier alpha value is -4.11. The fourth-order valence-corrected chi connectivity index (χ4v) is 5.32. The molecule has 0 fully saturated rings. The fraction of sp³-hybridized carbons (Fsp3) is 0.387. The highest BCUT2D eigenvalue weighted by Gasteiger charge is 2.47. The Bertz CT molecular complexity index is 1380. The third-order valence-electron chi connectivity index (χ3n) is 7.59. The number of carbonyl (C=O) groups excluding carboxylic acids is 1. The van der Waals surface area contributed by atoms with Gasteiger partial charge in [-0.3, -0.25) is 0 Å². The molecule has 3 aromatic carbocycles. The van der Waals surface area contributed by atoms with Gasteiger partial charge in [-0.1, -0.05) is 25.1 Å². The van der Waals surface area contributed by atoms with E-state index in [-0.39, 0.29) is 0 Å². The summed E-state index contributed by atoms with van der Waals surface area (Å²) < 4.78 is 40.8. The lowest BCUT2D eigenvalue weighted by Crippen LogP contribution is -2.43. The minimum Gasteiger partial charge on any atom is -0.493 e. The van der Waals surface area contributed by atoms with Gasteiger partial charge in [-0.15, -0.1) is 0 Å². The minimum absolute atomic E-state index is 0.315. The van der Waals surface area contributed by atoms with Gasteiger partial charge in [-0.2, -0.15) is 0 Å². The molecule has 3 atom stereocenters. The van der Waals surface area contributed by atoms with Gasteiger partial charge in [0, 0.05) is 16.7 Å². The van der Waals surface area contributed by atoms with Crippen molar-refractivity contribution < 1.29 is 43.1 Å². The lowest BCUT2D eigenvalue weighted by molar-refractivity contribution is -0.107. The van der Waals surface area contributed by atoms with Gasteiger partial charge in [-0.05, 0) is 49.1 Å². The molecule has 9 nitrogen and oxygen atoms in total. The number of benzene rings is 3. The zero-order chi connectivity index (χ0) is 29.2. The first kappa shape index (κ1) is 28.9. The molecule has 0 aliphatic heterocycles. The number of aliphatic hydroxyl groups is 1. The standard InChI is InChI=1S/C31H36O9/c1-17-14-19-15-21(34-3)25(36-5)27(38-7)23(19)24-20(16-22(35-4)26(37-6)28(24)39-8)29(31(17,2)33)40-30(32)18-12-10-9-11-13-18/h9-13,15-17,29,33H,14H2,1-8H3. The van der Waals surface area contributed by atoms with E-state index in [1.165, 1.54) is 35.5 Å². The second-order valence-corrected chi connectivity index (χ2v) is 9.77. The highest BCUT2D eigenvalue weighted by Crippen LogP contribution is 2.58. The number of fused-ring (bicyclic) bond motifs is 3. The number of carbonyl (C=O) groups is 1. The maximum atomic E-state index is 13.4. The molecule has 0 amide bonds. The second-order valence-electron chi connectivity index (χ2n) is 9.77. The summed E-state index contributed by atoms with van der Waals surface area (Å²) in [5.41, 5.74) is 1.22. The smallest absolute Gasteiger partial charge is 0.338 e. The summed E-state index contributed by atoms with van der Waals surface area (Å²) in [5.74, 6) is 1.24. The van der Waals surface area contributed by atoms with Gasteiger partial charge >= 0.3 is 5.97 Å². The summed E-state index contributed by atoms with van der Waals surface area (Å²) in [5, 5.41) is 12.1. The molecule has 0 spiro atoms. The second kappa shape index (κ2) is 11.6. The predicted molar refractivity (Wildman–Crippen MR) is 149 cm³/mol. The third kappa shape index (κ3) is 4.75. The zero-order valence-corrected chi connectivity index (χ0v) is 24.1. The van der Waals surface area contributed by atoms with E-state index >= 15 is 0 Å². The highest BCUT2D eigenvalue weighted by atomic mass is 16.6. The van der Waals surface area contributed by atoms with Gasteiger partial charge in [0.1, 0.15) is 5.60 Å². The summed E-state index contributed by atoms with van der Waals surface area (Å²) in [7, 11) is 9.13. The van der Waals surface area contributed by atoms with E-state index < -0.39 is 23.6 Å². The Morgan fingerprint density at radius 2 is 1.30 bits per heavy atom. The first-order valence-corrected chi connectivity index (χ1v) is 12.8. The topological polar surface area (TPSA) is 102 Å². The molecule has 0 bridgehead atoms. The van der Waals surface area contributed by atoms with Gasteiger partial charge in [0.25, 0.3) is 0 Å². The molecule has 0 saturated carbocycles. The fourth-order valence-electron chi connectivity index (χ4n) is 5.32. The van der Waals surface area contributed by atoms with Crippen LogP contribution in [-0.2, 0) is 11.2 Å². The third-order valence-corrected chi connectivity index (χ3v) is 7.59. The molecular weight excluding hydrogens is 516 g/mol. The van der Waals surface area contributed by atoms with Crippen molar-refractivity contribution in [3.8, 4) is 45.6 Å². The highest BCUT2D eigenvalue weighted by molar-refractivity contribution is 5.91. The van der Waals surface area contributed by atoms with Gasteiger partial charge in [0.05, 0.1) is 48.2 Å². The molecule has 40 heavy (non-hydrogen) atoms. The van der Waals surface area contributed by atoms with Crippen molar-refractivity contribution in [2.75, 3.05) is 42.7 Å². The molecule has 3 aromatic rings. The Morgan fingerprint density at radius 3 is 1.82 bits per heavy atom. The van der Waals surface area contributed by atoms with Crippen molar-refractivity contribution in [2.45, 2.75) is 32.0 Å². The van der Waals surface area contributed by atoms with E-state index in [1.54, 1.807) is 44.4 Å². The Kier molecular flexibility index (Phi) is 8.34. The monoisotopic (exact) mass is 552 g/mol. The van der Waals surface area contributed by atoms with Crippen LogP contribution in [0, 0.1) is 5.92 Å². The number of esters is 1. The molecule has 4 rings (SSSR count). The number of hydrogen-bond donors (Lipinski definition) is 1. The SMILES string of the molecule is COc1cc2c(c(OC)c1OC)-c1c(cc(OC)c(OC)c1OC)C(OC(=O)c1ccccc1)C(C)(O)C(C)C2. The van der Waals surface area contributed by atoms with Gasteiger partial charge in [0.15, 0.2) is 29.1 Å². The minimum atomic E-state index is -1.53. The van der Waals surface area contributed by atoms with Crippen LogP contribution in [0.1, 0.15) is 41.4 Å². The number of methoxy groups -OCH3 is 6. The average Bonchev–Trinajstić information content (AvgIpc) is 2.97. The van der Waals surface area contributed by atoms with Gasteiger partial charge < -0.3 is 38.3 Å². The maximum Gasteiger partial charge on any atom is 0.338 e. The summed E-state index contributed by atoms with van der Waals surface area (Å²) in [6.45, 7) is 3.57. The first-order valence-electron chi connectivity index (χ1n) is 12.8. The van der Waals surface area contributed by atoms with E-state index in [2.05, 4.69) is 0 Å². The number of ether oxygens (including phenoxy) is 7. The first-order chi connectivity index (χ1) is 19.2. The maximum absolute atomic E-state index is 13.4. The van der Waals surface area contributed by atoms with Crippen LogP contribution in [0.3, 0.4) is 0 Å². The molecule has 0 radical (unpaired) electrons. The average molecular weight is 553 g/mol. The van der Waals surface area contributed by atoms with E-state index in [9.17, 15) is 9.90 Å². The van der Waals surface area contributed by atoms with Crippen LogP contribution in [0.25, 0.3) is 11.1 Å². The molecule has 9 heteroatoms. The van der Waals surface area contributed by atoms with E-state index in [0.29, 0.717) is 63.2 Å². The van der Waals surface area contributed by atoms with E-state index in [4.69, 9.17) is 33.2 Å². The molecular formula is C31H36O9. The Balaban J connectivity index is 2.15. The predicted octanol–water partition coefficient (Wildman–Crippen LogP) is 5.25. The van der Waals surface area contributed by atoms with Crippen LogP contribution in [-0.4, -0.2) is 59.3 Å². The molecule has 214 valence electrons. The molecule has 0 heterocycles. The molecule has 0 aromatic heterocycles. The van der Waals surface area contributed by atoms with Crippen LogP contribution in [0.2, 0.25) is 0 Å². The van der Waals surface area contributed by atoms with Crippen LogP contribution in [0.5, 0.6) is 34.5 Å². The quantitative estimate of drug-likeness (QED) is 0.376. The van der Waals surface area contributed by atoms with Crippen molar-refractivity contribution in [1.29, 1.82) is 0 Å². The van der Waals surface area contributed by atoms with Crippen molar-refractivity contribution in [1.82, 2.24) is 0 Å². The summed E-state index contributed by atoms with van der Waals surface area (Å²) in [4.78, 5) is 13.4. The summed E-state index contributed by atoms with van der Waals surface area (Å²) >= 11 is 0.